The van der Waals surface area contributed by atoms with Crippen LogP contribution in [0.1, 0.15) is 11.1 Å². The number of carbonyl (C=O) groups excluding carboxylic acids is 1. The molecule has 38 heavy (non-hydrogen) atoms. The van der Waals surface area contributed by atoms with Gasteiger partial charge in [-0.05, 0) is 35.7 Å². The van der Waals surface area contributed by atoms with Crippen LogP contribution in [0.15, 0.2) is 54.7 Å². The molecule has 4 aromatic rings. The van der Waals surface area contributed by atoms with Gasteiger partial charge in [-0.1, -0.05) is 11.6 Å². The number of benzene rings is 2. The number of hydrogen-bond donors (Lipinski definition) is 1. The highest BCUT2D eigenvalue weighted by atomic mass is 35.5. The van der Waals surface area contributed by atoms with Gasteiger partial charge in [-0.25, -0.2) is 14.8 Å². The van der Waals surface area contributed by atoms with Crippen LogP contribution in [-0.4, -0.2) is 44.5 Å². The maximum absolute atomic E-state index is 11.2. The molecule has 2 aromatic heterocycles. The van der Waals surface area contributed by atoms with Crippen LogP contribution in [0.25, 0.3) is 10.8 Å². The van der Waals surface area contributed by atoms with Gasteiger partial charge in [-0.2, -0.15) is 0 Å². The van der Waals surface area contributed by atoms with E-state index in [1.807, 2.05) is 41.3 Å². The number of ether oxygens (including phenoxy) is 5. The Bertz CT molecular complexity index is 1410. The molecule has 0 aliphatic rings. The zero-order valence-electron chi connectivity index (χ0n) is 21.4. The second kappa shape index (κ2) is 11.7. The first kappa shape index (κ1) is 26.6. The number of amides is 1. The van der Waals surface area contributed by atoms with E-state index >= 15 is 0 Å². The number of rotatable bonds is 10. The third-order valence-corrected chi connectivity index (χ3v) is 6.05. The van der Waals surface area contributed by atoms with Crippen molar-refractivity contribution >= 4 is 34.3 Å². The number of aromatic nitrogens is 2. The minimum Gasteiger partial charge on any atom is -0.497 e. The molecule has 4 rings (SSSR count). The SMILES string of the molecule is COc1ccc(CN(Cc2ccc(OC)cc2OC)c2nc(Cl)cc3cc(OC(N)=O)ncc23)c(OC)c1. The molecule has 0 atom stereocenters. The van der Waals surface area contributed by atoms with E-state index < -0.39 is 6.09 Å². The number of nitrogens with zero attached hydrogens (tertiary/aromatic N) is 3. The van der Waals surface area contributed by atoms with Crippen molar-refractivity contribution in [3.05, 3.63) is 71.0 Å². The first-order chi connectivity index (χ1) is 18.3. The summed E-state index contributed by atoms with van der Waals surface area (Å²) in [5.41, 5.74) is 6.93. The number of nitrogens with two attached hydrogens (primary N) is 1. The van der Waals surface area contributed by atoms with Crippen molar-refractivity contribution in [3.8, 4) is 28.9 Å². The summed E-state index contributed by atoms with van der Waals surface area (Å²) < 4.78 is 27.0. The standard InChI is InChI=1S/C27H27ClN4O6/c1-34-19-7-5-16(22(11-19)36-3)14-32(15-17-6-8-20(35-2)12-23(17)37-4)26-21-13-30-25(38-27(29)33)10-18(21)9-24(28)31-26/h5-13H,14-15H2,1-4H3,(H2,29,33). The molecule has 1 amide bonds. The summed E-state index contributed by atoms with van der Waals surface area (Å²) >= 11 is 6.46. The van der Waals surface area contributed by atoms with E-state index in [0.717, 1.165) is 11.1 Å². The molecule has 2 N–H and O–H groups in total. The summed E-state index contributed by atoms with van der Waals surface area (Å²) in [6.45, 7) is 0.786. The maximum atomic E-state index is 11.2. The summed E-state index contributed by atoms with van der Waals surface area (Å²) in [7, 11) is 6.41. The van der Waals surface area contributed by atoms with Gasteiger partial charge < -0.3 is 34.3 Å². The highest BCUT2D eigenvalue weighted by Gasteiger charge is 2.20. The molecule has 2 heterocycles. The highest BCUT2D eigenvalue weighted by Crippen LogP contribution is 2.35. The van der Waals surface area contributed by atoms with E-state index in [1.54, 1.807) is 46.8 Å². The Balaban J connectivity index is 1.85. The van der Waals surface area contributed by atoms with Crippen LogP contribution in [0.4, 0.5) is 10.6 Å². The van der Waals surface area contributed by atoms with Crippen molar-refractivity contribution in [3.63, 3.8) is 0 Å². The van der Waals surface area contributed by atoms with Crippen molar-refractivity contribution < 1.29 is 28.5 Å². The predicted molar refractivity (Wildman–Crippen MR) is 144 cm³/mol. The fourth-order valence-corrected chi connectivity index (χ4v) is 4.26. The molecule has 0 saturated carbocycles. The van der Waals surface area contributed by atoms with Crippen molar-refractivity contribution in [1.82, 2.24) is 9.97 Å². The molecule has 0 aliphatic heterocycles. The summed E-state index contributed by atoms with van der Waals surface area (Å²) in [4.78, 5) is 22.1. The molecule has 0 fully saturated rings. The lowest BCUT2D eigenvalue weighted by molar-refractivity contribution is 0.209. The van der Waals surface area contributed by atoms with Gasteiger partial charge >= 0.3 is 6.09 Å². The van der Waals surface area contributed by atoms with Crippen LogP contribution in [-0.2, 0) is 13.1 Å². The van der Waals surface area contributed by atoms with Crippen LogP contribution in [0.3, 0.4) is 0 Å². The number of anilines is 1. The van der Waals surface area contributed by atoms with Gasteiger partial charge in [0.05, 0.1) is 28.4 Å². The Labute approximate surface area is 224 Å². The second-order valence-corrected chi connectivity index (χ2v) is 8.53. The average molecular weight is 539 g/mol. The molecule has 0 saturated heterocycles. The van der Waals surface area contributed by atoms with Crippen LogP contribution < -0.4 is 34.3 Å². The molecule has 0 radical (unpaired) electrons. The van der Waals surface area contributed by atoms with Crippen LogP contribution in [0.5, 0.6) is 28.9 Å². The van der Waals surface area contributed by atoms with Crippen molar-refractivity contribution in [2.24, 2.45) is 5.73 Å². The molecular formula is C27H27ClN4O6. The number of carbonyl (C=O) groups is 1. The molecule has 11 heteroatoms. The van der Waals surface area contributed by atoms with E-state index in [4.69, 9.17) is 41.0 Å². The first-order valence-electron chi connectivity index (χ1n) is 11.5. The lowest BCUT2D eigenvalue weighted by Crippen LogP contribution is -2.24. The van der Waals surface area contributed by atoms with Crippen LogP contribution >= 0.6 is 11.6 Å². The lowest BCUT2D eigenvalue weighted by Gasteiger charge is -2.27. The molecule has 198 valence electrons. The van der Waals surface area contributed by atoms with Gasteiger partial charge in [0.25, 0.3) is 0 Å². The largest absolute Gasteiger partial charge is 0.497 e. The van der Waals surface area contributed by atoms with Crippen molar-refractivity contribution in [2.45, 2.75) is 13.1 Å². The molecule has 0 bridgehead atoms. The minimum absolute atomic E-state index is 0.0541. The van der Waals surface area contributed by atoms with Crippen LogP contribution in [0, 0.1) is 0 Å². The summed E-state index contributed by atoms with van der Waals surface area (Å²) in [5, 5.41) is 1.60. The van der Waals surface area contributed by atoms with Crippen molar-refractivity contribution in [2.75, 3.05) is 33.3 Å². The summed E-state index contributed by atoms with van der Waals surface area (Å²) in [6, 6.07) is 14.5. The van der Waals surface area contributed by atoms with Gasteiger partial charge in [0.15, 0.2) is 0 Å². The highest BCUT2D eigenvalue weighted by molar-refractivity contribution is 6.30. The zero-order valence-corrected chi connectivity index (χ0v) is 22.1. The normalized spacial score (nSPS) is 10.7. The van der Waals surface area contributed by atoms with Gasteiger partial charge in [-0.15, -0.1) is 0 Å². The third-order valence-electron chi connectivity index (χ3n) is 5.85. The average Bonchev–Trinajstić information content (AvgIpc) is 2.91. The number of methoxy groups -OCH3 is 4. The Morgan fingerprint density at radius 1 is 0.868 bits per heavy atom. The van der Waals surface area contributed by atoms with E-state index in [0.29, 0.717) is 52.7 Å². The Hall–Kier alpha value is -4.44. The Kier molecular flexibility index (Phi) is 8.22. The number of primary amides is 1. The number of hydrogen-bond acceptors (Lipinski definition) is 9. The fraction of sp³-hybridized carbons (Fsp3) is 0.222. The van der Waals surface area contributed by atoms with Gasteiger partial charge in [0, 0.05) is 54.0 Å². The van der Waals surface area contributed by atoms with E-state index in [-0.39, 0.29) is 11.0 Å². The Morgan fingerprint density at radius 3 is 1.95 bits per heavy atom. The number of halogens is 1. The monoisotopic (exact) mass is 538 g/mol. The first-order valence-corrected chi connectivity index (χ1v) is 11.8. The number of pyridine rings is 2. The fourth-order valence-electron chi connectivity index (χ4n) is 4.06. The summed E-state index contributed by atoms with van der Waals surface area (Å²) in [6.07, 6.45) is 0.604. The number of fused-ring (bicyclic) bond motifs is 1. The lowest BCUT2D eigenvalue weighted by atomic mass is 10.1. The molecule has 0 unspecified atom stereocenters. The molecule has 2 aromatic carbocycles. The van der Waals surface area contributed by atoms with E-state index in [2.05, 4.69) is 9.97 Å². The predicted octanol–water partition coefficient (Wildman–Crippen LogP) is 4.98. The molecule has 0 spiro atoms. The topological polar surface area (TPSA) is 118 Å². The Morgan fingerprint density at radius 2 is 1.45 bits per heavy atom. The van der Waals surface area contributed by atoms with Gasteiger partial charge in [0.1, 0.15) is 34.0 Å². The van der Waals surface area contributed by atoms with Crippen LogP contribution in [0.2, 0.25) is 5.15 Å². The molecule has 0 aliphatic carbocycles. The third kappa shape index (κ3) is 5.92. The zero-order chi connectivity index (χ0) is 27.2. The quantitative estimate of drug-likeness (QED) is 0.279. The second-order valence-electron chi connectivity index (χ2n) is 8.14. The van der Waals surface area contributed by atoms with Gasteiger partial charge in [-0.3, -0.25) is 0 Å². The van der Waals surface area contributed by atoms with E-state index in [9.17, 15) is 4.79 Å². The van der Waals surface area contributed by atoms with Crippen molar-refractivity contribution in [1.29, 1.82) is 0 Å². The molecule has 10 nitrogen and oxygen atoms in total. The molecular weight excluding hydrogens is 512 g/mol. The van der Waals surface area contributed by atoms with E-state index in [1.165, 1.54) is 0 Å². The van der Waals surface area contributed by atoms with Gasteiger partial charge in [0.2, 0.25) is 5.88 Å². The smallest absolute Gasteiger partial charge is 0.411 e. The minimum atomic E-state index is -0.961. The maximum Gasteiger partial charge on any atom is 0.411 e. The summed E-state index contributed by atoms with van der Waals surface area (Å²) in [5.74, 6) is 3.26.